The number of H-pyrrole nitrogens is 1. The molecule has 0 radical (unpaired) electrons. The quantitative estimate of drug-likeness (QED) is 0.249. The van der Waals surface area contributed by atoms with Crippen molar-refractivity contribution in [3.63, 3.8) is 0 Å². The molecule has 7 heteroatoms. The van der Waals surface area contributed by atoms with Gasteiger partial charge in [0.2, 0.25) is 5.95 Å². The molecule has 5 aromatic rings. The highest BCUT2D eigenvalue weighted by Gasteiger charge is 2.12. The van der Waals surface area contributed by atoms with Gasteiger partial charge in [-0.05, 0) is 42.7 Å². The van der Waals surface area contributed by atoms with Crippen LogP contribution < -0.4 is 10.6 Å². The molecule has 0 spiro atoms. The van der Waals surface area contributed by atoms with Crippen molar-refractivity contribution in [1.29, 1.82) is 0 Å². The molecule has 5 rings (SSSR count). The zero-order chi connectivity index (χ0) is 21.2. The Morgan fingerprint density at radius 2 is 1.81 bits per heavy atom. The van der Waals surface area contributed by atoms with Gasteiger partial charge in [0.25, 0.3) is 0 Å². The van der Waals surface area contributed by atoms with E-state index >= 15 is 0 Å². The number of nitrogens with zero attached hydrogens (tertiary/aromatic N) is 3. The van der Waals surface area contributed by atoms with Crippen molar-refractivity contribution >= 4 is 63.5 Å². The lowest BCUT2D eigenvalue weighted by Gasteiger charge is -2.14. The van der Waals surface area contributed by atoms with E-state index in [1.54, 1.807) is 6.20 Å². The first-order valence-corrected chi connectivity index (χ1v) is 10.3. The summed E-state index contributed by atoms with van der Waals surface area (Å²) in [5.74, 6) is 1.12. The largest absolute Gasteiger partial charge is 0.339 e. The first-order chi connectivity index (χ1) is 15.2. The molecule has 152 valence electrons. The van der Waals surface area contributed by atoms with Crippen LogP contribution in [0.15, 0.2) is 77.8 Å². The van der Waals surface area contributed by atoms with Gasteiger partial charge in [-0.2, -0.15) is 10.1 Å². The fourth-order valence-corrected chi connectivity index (χ4v) is 3.73. The number of aromatic nitrogens is 4. The Morgan fingerprint density at radius 3 is 2.71 bits per heavy atom. The van der Waals surface area contributed by atoms with E-state index in [1.165, 1.54) is 0 Å². The number of benzene rings is 3. The zero-order valence-electron chi connectivity index (χ0n) is 16.8. The van der Waals surface area contributed by atoms with Crippen LogP contribution in [0.1, 0.15) is 12.6 Å². The summed E-state index contributed by atoms with van der Waals surface area (Å²) in [5.41, 5.74) is 3.55. The van der Waals surface area contributed by atoms with Crippen LogP contribution in [0.3, 0.4) is 0 Å². The van der Waals surface area contributed by atoms with E-state index in [9.17, 15) is 0 Å². The lowest BCUT2D eigenvalue weighted by Crippen LogP contribution is -2.04. The highest BCUT2D eigenvalue weighted by molar-refractivity contribution is 7.80. The van der Waals surface area contributed by atoms with E-state index in [1.807, 2.05) is 61.5 Å². The number of allylic oxidation sites excluding steroid dienone is 1. The first-order valence-electron chi connectivity index (χ1n) is 9.90. The Morgan fingerprint density at radius 1 is 0.935 bits per heavy atom. The molecule has 6 nitrogen and oxygen atoms in total. The van der Waals surface area contributed by atoms with Crippen molar-refractivity contribution in [2.75, 3.05) is 10.6 Å². The van der Waals surface area contributed by atoms with Crippen LogP contribution in [0.5, 0.6) is 0 Å². The number of hydrogen-bond donors (Lipinski definition) is 4. The Labute approximate surface area is 184 Å². The molecule has 3 aromatic carbocycles. The predicted molar refractivity (Wildman–Crippen MR) is 131 cm³/mol. The molecular formula is C24H20N6S. The second kappa shape index (κ2) is 8.12. The molecule has 0 saturated heterocycles. The van der Waals surface area contributed by atoms with Crippen molar-refractivity contribution in [2.24, 2.45) is 0 Å². The van der Waals surface area contributed by atoms with E-state index in [2.05, 4.69) is 56.6 Å². The number of aromatic amines is 1. The summed E-state index contributed by atoms with van der Waals surface area (Å²) in [6.45, 7) is 1.95. The van der Waals surface area contributed by atoms with Gasteiger partial charge < -0.3 is 10.6 Å². The molecule has 31 heavy (non-hydrogen) atoms. The number of rotatable bonds is 5. The van der Waals surface area contributed by atoms with E-state index in [0.717, 1.165) is 38.7 Å². The maximum atomic E-state index is 4.71. The Bertz CT molecular complexity index is 1420. The Kier molecular flexibility index (Phi) is 5.01. The number of nitrogens with one attached hydrogen (secondary N) is 3. The van der Waals surface area contributed by atoms with E-state index in [4.69, 9.17) is 4.98 Å². The highest BCUT2D eigenvalue weighted by atomic mass is 32.1. The molecule has 0 atom stereocenters. The van der Waals surface area contributed by atoms with E-state index < -0.39 is 0 Å². The number of hydrogen-bond acceptors (Lipinski definition) is 6. The minimum Gasteiger partial charge on any atom is -0.339 e. The normalized spacial score (nSPS) is 11.4. The van der Waals surface area contributed by atoms with Crippen LogP contribution in [0.25, 0.3) is 27.8 Å². The molecule has 2 heterocycles. The molecule has 0 bridgehead atoms. The third kappa shape index (κ3) is 3.83. The number of anilines is 4. The zero-order valence-corrected chi connectivity index (χ0v) is 17.7. The molecular weight excluding hydrogens is 404 g/mol. The summed E-state index contributed by atoms with van der Waals surface area (Å²) in [6.07, 6.45) is 5.65. The van der Waals surface area contributed by atoms with Crippen LogP contribution in [0, 0.1) is 0 Å². The van der Waals surface area contributed by atoms with E-state index in [-0.39, 0.29) is 0 Å². The molecule has 0 aliphatic rings. The average Bonchev–Trinajstić information content (AvgIpc) is 3.25. The topological polar surface area (TPSA) is 78.5 Å². The monoisotopic (exact) mass is 424 g/mol. The second-order valence-electron chi connectivity index (χ2n) is 7.08. The Balaban J connectivity index is 1.55. The third-order valence-corrected chi connectivity index (χ3v) is 5.42. The smallest absolute Gasteiger partial charge is 0.229 e. The maximum Gasteiger partial charge on any atom is 0.229 e. The first kappa shape index (κ1) is 19.1. The molecule has 0 unspecified atom stereocenters. The van der Waals surface area contributed by atoms with Crippen molar-refractivity contribution in [1.82, 2.24) is 20.2 Å². The van der Waals surface area contributed by atoms with E-state index in [0.29, 0.717) is 16.7 Å². The minimum absolute atomic E-state index is 0.495. The molecule has 3 N–H and O–H groups in total. The highest BCUT2D eigenvalue weighted by Crippen LogP contribution is 2.30. The maximum absolute atomic E-state index is 4.71. The second-order valence-corrected chi connectivity index (χ2v) is 7.53. The number of fused-ring (bicyclic) bond motifs is 2. The van der Waals surface area contributed by atoms with Gasteiger partial charge in [0, 0.05) is 22.1 Å². The van der Waals surface area contributed by atoms with Gasteiger partial charge in [-0.15, -0.1) is 12.6 Å². The molecule has 0 aliphatic carbocycles. The molecule has 0 aliphatic heterocycles. The Hall–Kier alpha value is -3.84. The fraction of sp³-hybridized carbons (Fsp3) is 0.0417. The third-order valence-electron chi connectivity index (χ3n) is 4.97. The van der Waals surface area contributed by atoms with Gasteiger partial charge in [0.15, 0.2) is 0 Å². The molecule has 0 fully saturated rings. The van der Waals surface area contributed by atoms with Crippen LogP contribution in [-0.2, 0) is 0 Å². The van der Waals surface area contributed by atoms with Crippen molar-refractivity contribution < 1.29 is 0 Å². The molecule has 0 amide bonds. The SMILES string of the molecule is C/C=C\c1nc(Nc2cccc3ccccc23)nc(Nc2ccc3[nH]ncc3c2)c1S. The summed E-state index contributed by atoms with van der Waals surface area (Å²) in [4.78, 5) is 10.1. The van der Waals surface area contributed by atoms with Crippen LogP contribution in [0.4, 0.5) is 23.1 Å². The van der Waals surface area contributed by atoms with Crippen molar-refractivity contribution in [3.8, 4) is 0 Å². The van der Waals surface area contributed by atoms with Gasteiger partial charge in [-0.1, -0.05) is 42.5 Å². The number of thiol groups is 1. The van der Waals surface area contributed by atoms with Gasteiger partial charge in [0.05, 0.1) is 22.3 Å². The summed E-state index contributed by atoms with van der Waals surface area (Å²) in [6, 6.07) is 20.3. The lowest BCUT2D eigenvalue weighted by molar-refractivity contribution is 1.09. The summed E-state index contributed by atoms with van der Waals surface area (Å²) < 4.78 is 0. The van der Waals surface area contributed by atoms with Crippen molar-refractivity contribution in [2.45, 2.75) is 11.8 Å². The standard InChI is InChI=1S/C24H20N6S/c1-2-6-21-22(31)23(26-17-11-12-19-16(13-17)14-25-30-19)29-24(28-21)27-20-10-5-8-15-7-3-4-9-18(15)20/h2-14,31H,1H3,(H,25,30)(H2,26,27,28,29)/b6-2-. The van der Waals surface area contributed by atoms with Crippen LogP contribution in [0.2, 0.25) is 0 Å². The average molecular weight is 425 g/mol. The molecule has 0 saturated carbocycles. The van der Waals surface area contributed by atoms with Gasteiger partial charge >= 0.3 is 0 Å². The van der Waals surface area contributed by atoms with Gasteiger partial charge in [-0.25, -0.2) is 4.98 Å². The lowest BCUT2D eigenvalue weighted by atomic mass is 10.1. The van der Waals surface area contributed by atoms with Crippen LogP contribution >= 0.6 is 12.6 Å². The summed E-state index contributed by atoms with van der Waals surface area (Å²) >= 11 is 4.68. The van der Waals surface area contributed by atoms with Gasteiger partial charge in [0.1, 0.15) is 5.82 Å². The predicted octanol–water partition coefficient (Wildman–Crippen LogP) is 6.32. The summed E-state index contributed by atoms with van der Waals surface area (Å²) in [5, 5.41) is 17.1. The molecule has 2 aromatic heterocycles. The van der Waals surface area contributed by atoms with Crippen molar-refractivity contribution in [3.05, 3.63) is 78.6 Å². The fourth-order valence-electron chi connectivity index (χ4n) is 3.50. The van der Waals surface area contributed by atoms with Gasteiger partial charge in [-0.3, -0.25) is 5.10 Å². The summed E-state index contributed by atoms with van der Waals surface area (Å²) in [7, 11) is 0. The minimum atomic E-state index is 0.495. The van der Waals surface area contributed by atoms with Crippen LogP contribution in [-0.4, -0.2) is 20.2 Å².